The second-order valence-electron chi connectivity index (χ2n) is 4.67. The molecule has 4 N–H and O–H groups in total. The smallest absolute Gasteiger partial charge is 0.251 e. The van der Waals surface area contributed by atoms with Crippen molar-refractivity contribution in [2.45, 2.75) is 18.9 Å². The molecule has 0 atom stereocenters. The molecule has 0 spiro atoms. The first-order chi connectivity index (χ1) is 9.69. The Kier molecular flexibility index (Phi) is 7.27. The van der Waals surface area contributed by atoms with E-state index < -0.39 is 0 Å². The topological polar surface area (TPSA) is 88.7 Å². The van der Waals surface area contributed by atoms with Gasteiger partial charge in [-0.15, -0.1) is 24.0 Å². The number of nitrogens with zero attached hydrogens (tertiary/aromatic N) is 1. The molecule has 0 heterocycles. The molecule has 21 heavy (non-hydrogen) atoms. The molecule has 1 amide bonds. The molecule has 116 valence electrons. The van der Waals surface area contributed by atoms with Crippen molar-refractivity contribution in [1.29, 1.82) is 0 Å². The van der Waals surface area contributed by atoms with E-state index >= 15 is 0 Å². The molecule has 1 aliphatic rings. The van der Waals surface area contributed by atoms with E-state index in [0.29, 0.717) is 30.7 Å². The van der Waals surface area contributed by atoms with Gasteiger partial charge in [-0.2, -0.15) is 0 Å². The third-order valence-corrected chi connectivity index (χ3v) is 2.96. The molecule has 1 aromatic carbocycles. The van der Waals surface area contributed by atoms with E-state index in [-0.39, 0.29) is 29.9 Å². The van der Waals surface area contributed by atoms with Crippen LogP contribution in [0.1, 0.15) is 23.2 Å². The lowest BCUT2D eigenvalue weighted by atomic mass is 10.2. The molecule has 0 aliphatic heterocycles. The lowest BCUT2D eigenvalue weighted by Crippen LogP contribution is -2.34. The summed E-state index contributed by atoms with van der Waals surface area (Å²) in [5.41, 5.74) is 6.28. The first-order valence-corrected chi connectivity index (χ1v) is 6.68. The average Bonchev–Trinajstić information content (AvgIpc) is 3.27. The number of ether oxygens (including phenoxy) is 1. The standard InChI is InChI=1S/C14H20N4O2.HI/c1-20-12-6-2-10(3-7-12)13(19)16-8-9-17-14(15)18-11-4-5-11;/h2-3,6-7,11H,4-5,8-9H2,1H3,(H,16,19)(H3,15,17,18);1H. The Balaban J connectivity index is 0.00000220. The van der Waals surface area contributed by atoms with E-state index in [9.17, 15) is 4.79 Å². The number of carbonyl (C=O) groups is 1. The molecule has 0 aromatic heterocycles. The largest absolute Gasteiger partial charge is 0.497 e. The Hall–Kier alpha value is -1.51. The molecule has 7 heteroatoms. The minimum absolute atomic E-state index is 0. The minimum Gasteiger partial charge on any atom is -0.497 e. The van der Waals surface area contributed by atoms with Gasteiger partial charge in [0.25, 0.3) is 5.91 Å². The van der Waals surface area contributed by atoms with Crippen LogP contribution in [-0.2, 0) is 0 Å². The highest BCUT2D eigenvalue weighted by Crippen LogP contribution is 2.17. The molecule has 2 rings (SSSR count). The number of nitrogens with one attached hydrogen (secondary N) is 2. The van der Waals surface area contributed by atoms with Crippen LogP contribution in [0.3, 0.4) is 0 Å². The fourth-order valence-corrected chi connectivity index (χ4v) is 1.67. The summed E-state index contributed by atoms with van der Waals surface area (Å²) in [6.45, 7) is 0.922. The number of benzene rings is 1. The number of methoxy groups -OCH3 is 1. The van der Waals surface area contributed by atoms with E-state index in [1.165, 1.54) is 0 Å². The molecule has 0 unspecified atom stereocenters. The third kappa shape index (κ3) is 6.19. The van der Waals surface area contributed by atoms with Crippen LogP contribution in [0.2, 0.25) is 0 Å². The second kappa shape index (κ2) is 8.71. The van der Waals surface area contributed by atoms with Gasteiger partial charge in [-0.05, 0) is 37.1 Å². The van der Waals surface area contributed by atoms with E-state index in [2.05, 4.69) is 15.6 Å². The number of amides is 1. The van der Waals surface area contributed by atoms with Crippen molar-refractivity contribution >= 4 is 35.8 Å². The number of halogens is 1. The van der Waals surface area contributed by atoms with Crippen molar-refractivity contribution in [1.82, 2.24) is 10.6 Å². The van der Waals surface area contributed by atoms with E-state index in [1.54, 1.807) is 31.4 Å². The number of hydrogen-bond acceptors (Lipinski definition) is 3. The highest BCUT2D eigenvalue weighted by atomic mass is 127. The van der Waals surface area contributed by atoms with Gasteiger partial charge >= 0.3 is 0 Å². The van der Waals surface area contributed by atoms with Gasteiger partial charge in [0, 0.05) is 18.2 Å². The van der Waals surface area contributed by atoms with Gasteiger partial charge in [-0.1, -0.05) is 0 Å². The lowest BCUT2D eigenvalue weighted by Gasteiger charge is -2.06. The third-order valence-electron chi connectivity index (χ3n) is 2.96. The summed E-state index contributed by atoms with van der Waals surface area (Å²) in [7, 11) is 1.59. The van der Waals surface area contributed by atoms with Gasteiger partial charge < -0.3 is 21.1 Å². The van der Waals surface area contributed by atoms with Gasteiger partial charge in [0.05, 0.1) is 13.7 Å². The Morgan fingerprint density at radius 2 is 2.05 bits per heavy atom. The van der Waals surface area contributed by atoms with Crippen molar-refractivity contribution in [3.8, 4) is 5.75 Å². The number of hydrogen-bond donors (Lipinski definition) is 3. The quantitative estimate of drug-likeness (QED) is 0.287. The Bertz CT molecular complexity index is 486. The summed E-state index contributed by atoms with van der Waals surface area (Å²) in [5.74, 6) is 1.05. The zero-order valence-corrected chi connectivity index (χ0v) is 14.3. The van der Waals surface area contributed by atoms with Crippen LogP contribution in [0.4, 0.5) is 0 Å². The molecule has 1 aromatic rings. The highest BCUT2D eigenvalue weighted by Gasteiger charge is 2.21. The average molecular weight is 404 g/mol. The summed E-state index contributed by atoms with van der Waals surface area (Å²) in [6, 6.07) is 7.45. The van der Waals surface area contributed by atoms with E-state index in [0.717, 1.165) is 18.6 Å². The Labute approximate surface area is 141 Å². The van der Waals surface area contributed by atoms with Crippen molar-refractivity contribution in [3.05, 3.63) is 29.8 Å². The zero-order chi connectivity index (χ0) is 14.4. The Morgan fingerprint density at radius 3 is 2.62 bits per heavy atom. The van der Waals surface area contributed by atoms with Crippen molar-refractivity contribution < 1.29 is 9.53 Å². The van der Waals surface area contributed by atoms with Gasteiger partial charge in [-0.3, -0.25) is 9.79 Å². The fourth-order valence-electron chi connectivity index (χ4n) is 1.67. The maximum atomic E-state index is 11.8. The molecule has 1 aliphatic carbocycles. The van der Waals surface area contributed by atoms with Crippen LogP contribution < -0.4 is 21.1 Å². The predicted molar refractivity (Wildman–Crippen MR) is 93.4 cm³/mol. The lowest BCUT2D eigenvalue weighted by molar-refractivity contribution is 0.0955. The molecular formula is C14H21IN4O2. The van der Waals surface area contributed by atoms with Crippen LogP contribution in [0.5, 0.6) is 5.75 Å². The fraction of sp³-hybridized carbons (Fsp3) is 0.429. The number of carbonyl (C=O) groups excluding carboxylic acids is 1. The normalized spacial score (nSPS) is 14.0. The highest BCUT2D eigenvalue weighted by molar-refractivity contribution is 14.0. The summed E-state index contributed by atoms with van der Waals surface area (Å²) in [5, 5.41) is 5.88. The number of aliphatic imine (C=N–C) groups is 1. The van der Waals surface area contributed by atoms with Crippen molar-refractivity contribution in [2.24, 2.45) is 10.7 Å². The zero-order valence-electron chi connectivity index (χ0n) is 12.0. The summed E-state index contributed by atoms with van der Waals surface area (Å²) < 4.78 is 5.04. The maximum Gasteiger partial charge on any atom is 0.251 e. The van der Waals surface area contributed by atoms with Crippen LogP contribution in [0.15, 0.2) is 29.3 Å². The van der Waals surface area contributed by atoms with Gasteiger partial charge in [0.2, 0.25) is 0 Å². The molecule has 6 nitrogen and oxygen atoms in total. The SMILES string of the molecule is COc1ccc(C(=O)NCCN=C(N)NC2CC2)cc1.I. The minimum atomic E-state index is -0.128. The van der Waals surface area contributed by atoms with E-state index in [1.807, 2.05) is 0 Å². The molecular weight excluding hydrogens is 383 g/mol. The maximum absolute atomic E-state index is 11.8. The summed E-state index contributed by atoms with van der Waals surface area (Å²) in [6.07, 6.45) is 2.31. The van der Waals surface area contributed by atoms with Crippen molar-refractivity contribution in [3.63, 3.8) is 0 Å². The van der Waals surface area contributed by atoms with Gasteiger partial charge in [0.15, 0.2) is 5.96 Å². The van der Waals surface area contributed by atoms with Gasteiger partial charge in [-0.25, -0.2) is 0 Å². The van der Waals surface area contributed by atoms with Crippen LogP contribution in [-0.4, -0.2) is 38.1 Å². The Morgan fingerprint density at radius 1 is 1.38 bits per heavy atom. The first kappa shape index (κ1) is 17.5. The molecule has 0 saturated heterocycles. The summed E-state index contributed by atoms with van der Waals surface area (Å²) in [4.78, 5) is 16.0. The van der Waals surface area contributed by atoms with Crippen LogP contribution in [0.25, 0.3) is 0 Å². The molecule has 1 fully saturated rings. The van der Waals surface area contributed by atoms with Crippen LogP contribution >= 0.6 is 24.0 Å². The van der Waals surface area contributed by atoms with Gasteiger partial charge in [0.1, 0.15) is 5.75 Å². The summed E-state index contributed by atoms with van der Waals surface area (Å²) >= 11 is 0. The first-order valence-electron chi connectivity index (χ1n) is 6.68. The molecule has 0 radical (unpaired) electrons. The van der Waals surface area contributed by atoms with E-state index in [4.69, 9.17) is 10.5 Å². The van der Waals surface area contributed by atoms with Crippen molar-refractivity contribution in [2.75, 3.05) is 20.2 Å². The van der Waals surface area contributed by atoms with Crippen LogP contribution in [0, 0.1) is 0 Å². The monoisotopic (exact) mass is 404 g/mol. The number of nitrogens with two attached hydrogens (primary N) is 1. The predicted octanol–water partition coefficient (Wildman–Crippen LogP) is 1.11. The number of rotatable bonds is 6. The number of guanidine groups is 1. The second-order valence-corrected chi connectivity index (χ2v) is 4.67. The molecule has 1 saturated carbocycles. The molecule has 0 bridgehead atoms.